The number of piperazine rings is 1. The van der Waals surface area contributed by atoms with E-state index in [-0.39, 0.29) is 5.91 Å². The first kappa shape index (κ1) is 27.7. The highest BCUT2D eigenvalue weighted by atomic mass is 19.4. The molecule has 1 aliphatic rings. The number of para-hydroxylation sites is 1. The fourth-order valence-corrected chi connectivity index (χ4v) is 3.73. The standard InChI is InChI=1S/C23H28N6O.C2HF3O2/c1-17(2)28-9-11-29(12-10-28)22(30)21-13-18(16-27(21)3)19-14-24-23(25-15-19)26-20-7-5-4-6-8-20;3-2(4,5)1(6)7/h4-8,13-17H,9-12H2,1-3H3,(H,24,25,26);(H,6,7). The average molecular weight is 519 g/mol. The summed E-state index contributed by atoms with van der Waals surface area (Å²) in [7, 11) is 1.91. The molecular weight excluding hydrogens is 489 g/mol. The molecule has 3 aromatic rings. The molecule has 0 saturated carbocycles. The molecule has 4 rings (SSSR count). The van der Waals surface area contributed by atoms with Crippen LogP contribution in [-0.4, -0.2) is 79.7 Å². The fraction of sp³-hybridized carbons (Fsp3) is 0.360. The van der Waals surface area contributed by atoms with E-state index < -0.39 is 12.1 Å². The zero-order valence-electron chi connectivity index (χ0n) is 20.7. The van der Waals surface area contributed by atoms with Gasteiger partial charge in [-0.05, 0) is 32.0 Å². The number of nitrogens with one attached hydrogen (secondary N) is 1. The summed E-state index contributed by atoms with van der Waals surface area (Å²) < 4.78 is 33.6. The lowest BCUT2D eigenvalue weighted by atomic mass is 10.1. The molecule has 0 unspecified atom stereocenters. The van der Waals surface area contributed by atoms with Gasteiger partial charge >= 0.3 is 12.1 Å². The van der Waals surface area contributed by atoms with Crippen molar-refractivity contribution >= 4 is 23.5 Å². The number of hydrogen-bond donors (Lipinski definition) is 2. The number of anilines is 2. The zero-order chi connectivity index (χ0) is 27.2. The summed E-state index contributed by atoms with van der Waals surface area (Å²) in [4.78, 5) is 35.1. The highest BCUT2D eigenvalue weighted by Crippen LogP contribution is 2.23. The lowest BCUT2D eigenvalue weighted by molar-refractivity contribution is -0.192. The Morgan fingerprint density at radius 3 is 2.08 bits per heavy atom. The van der Waals surface area contributed by atoms with E-state index in [1.807, 2.05) is 59.1 Å². The number of carbonyl (C=O) groups excluding carboxylic acids is 1. The van der Waals surface area contributed by atoms with Crippen molar-refractivity contribution < 1.29 is 27.9 Å². The molecule has 0 aliphatic carbocycles. The Kier molecular flexibility index (Phi) is 8.87. The number of nitrogens with zero attached hydrogens (tertiary/aromatic N) is 5. The first-order valence-electron chi connectivity index (χ1n) is 11.6. The number of alkyl halides is 3. The first-order chi connectivity index (χ1) is 17.5. The number of carboxylic acids is 1. The number of rotatable bonds is 5. The maximum Gasteiger partial charge on any atom is 0.490 e. The zero-order valence-corrected chi connectivity index (χ0v) is 20.7. The van der Waals surface area contributed by atoms with Crippen molar-refractivity contribution in [1.82, 2.24) is 24.3 Å². The fourth-order valence-electron chi connectivity index (χ4n) is 3.73. The Morgan fingerprint density at radius 2 is 1.57 bits per heavy atom. The van der Waals surface area contributed by atoms with Crippen LogP contribution in [0, 0.1) is 0 Å². The smallest absolute Gasteiger partial charge is 0.475 e. The van der Waals surface area contributed by atoms with Crippen LogP contribution in [0.3, 0.4) is 0 Å². The van der Waals surface area contributed by atoms with Gasteiger partial charge < -0.3 is 19.9 Å². The van der Waals surface area contributed by atoms with E-state index in [2.05, 4.69) is 34.0 Å². The van der Waals surface area contributed by atoms with Gasteiger partial charge in [0, 0.05) is 74.7 Å². The minimum absolute atomic E-state index is 0.0791. The summed E-state index contributed by atoms with van der Waals surface area (Å²) >= 11 is 0. The lowest BCUT2D eigenvalue weighted by Gasteiger charge is -2.36. The molecule has 2 N–H and O–H groups in total. The van der Waals surface area contributed by atoms with Crippen molar-refractivity contribution in [2.45, 2.75) is 26.1 Å². The number of amides is 1. The molecule has 1 aromatic carbocycles. The van der Waals surface area contributed by atoms with E-state index >= 15 is 0 Å². The number of benzene rings is 1. The van der Waals surface area contributed by atoms with Crippen LogP contribution in [0.15, 0.2) is 55.0 Å². The van der Waals surface area contributed by atoms with E-state index in [1.54, 1.807) is 12.4 Å². The van der Waals surface area contributed by atoms with Crippen LogP contribution in [0.25, 0.3) is 11.1 Å². The Hall–Kier alpha value is -3.93. The van der Waals surface area contributed by atoms with Crippen molar-refractivity contribution in [2.75, 3.05) is 31.5 Å². The molecule has 3 heterocycles. The number of carboxylic acid groups (broad SMARTS) is 1. The minimum atomic E-state index is -5.08. The Balaban J connectivity index is 0.000000479. The third kappa shape index (κ3) is 7.53. The molecule has 9 nitrogen and oxygen atoms in total. The van der Waals surface area contributed by atoms with Crippen LogP contribution in [0.1, 0.15) is 24.3 Å². The van der Waals surface area contributed by atoms with Gasteiger partial charge in [0.25, 0.3) is 5.91 Å². The number of aryl methyl sites for hydroxylation is 1. The number of carbonyl (C=O) groups is 2. The van der Waals surface area contributed by atoms with E-state index in [4.69, 9.17) is 9.90 Å². The largest absolute Gasteiger partial charge is 0.490 e. The maximum atomic E-state index is 13.0. The van der Waals surface area contributed by atoms with Gasteiger partial charge in [0.2, 0.25) is 5.95 Å². The van der Waals surface area contributed by atoms with Crippen molar-refractivity contribution in [3.05, 3.63) is 60.7 Å². The summed E-state index contributed by atoms with van der Waals surface area (Å²) in [5.74, 6) is -2.14. The minimum Gasteiger partial charge on any atom is -0.475 e. The van der Waals surface area contributed by atoms with Gasteiger partial charge in [-0.25, -0.2) is 14.8 Å². The van der Waals surface area contributed by atoms with Crippen LogP contribution in [0.5, 0.6) is 0 Å². The number of hydrogen-bond acceptors (Lipinski definition) is 6. The summed E-state index contributed by atoms with van der Waals surface area (Å²) in [5, 5.41) is 10.3. The predicted molar refractivity (Wildman–Crippen MR) is 132 cm³/mol. The lowest BCUT2D eigenvalue weighted by Crippen LogP contribution is -2.50. The molecular formula is C25H29F3N6O3. The molecule has 0 bridgehead atoms. The quantitative estimate of drug-likeness (QED) is 0.526. The maximum absolute atomic E-state index is 13.0. The van der Waals surface area contributed by atoms with E-state index in [9.17, 15) is 18.0 Å². The van der Waals surface area contributed by atoms with Gasteiger partial charge in [-0.2, -0.15) is 13.2 Å². The van der Waals surface area contributed by atoms with Gasteiger partial charge in [0.05, 0.1) is 0 Å². The second kappa shape index (κ2) is 11.9. The van der Waals surface area contributed by atoms with Crippen molar-refractivity contribution in [2.24, 2.45) is 7.05 Å². The van der Waals surface area contributed by atoms with Crippen LogP contribution in [-0.2, 0) is 11.8 Å². The second-order valence-electron chi connectivity index (χ2n) is 8.74. The van der Waals surface area contributed by atoms with Crippen molar-refractivity contribution in [3.8, 4) is 11.1 Å². The molecule has 1 saturated heterocycles. The van der Waals surface area contributed by atoms with Gasteiger partial charge in [0.15, 0.2) is 0 Å². The number of aliphatic carboxylic acids is 1. The monoisotopic (exact) mass is 518 g/mol. The SMILES string of the molecule is CC(C)N1CCN(C(=O)c2cc(-c3cnc(Nc4ccccc4)nc3)cn2C)CC1.O=C(O)C(F)(F)F. The molecule has 198 valence electrons. The summed E-state index contributed by atoms with van der Waals surface area (Å²) in [5.41, 5.74) is 3.45. The third-order valence-corrected chi connectivity index (χ3v) is 5.81. The van der Waals surface area contributed by atoms with Gasteiger partial charge in [-0.1, -0.05) is 18.2 Å². The molecule has 1 amide bonds. The normalized spacial score (nSPS) is 14.2. The van der Waals surface area contributed by atoms with Crippen LogP contribution in [0.4, 0.5) is 24.8 Å². The molecule has 0 radical (unpaired) electrons. The van der Waals surface area contributed by atoms with Gasteiger partial charge in [0.1, 0.15) is 5.69 Å². The Bertz CT molecular complexity index is 1190. The molecule has 1 aliphatic heterocycles. The number of halogens is 3. The van der Waals surface area contributed by atoms with Crippen molar-refractivity contribution in [3.63, 3.8) is 0 Å². The summed E-state index contributed by atoms with van der Waals surface area (Å²) in [6.45, 7) is 7.77. The van der Waals surface area contributed by atoms with Crippen LogP contribution in [0.2, 0.25) is 0 Å². The van der Waals surface area contributed by atoms with Crippen molar-refractivity contribution in [1.29, 1.82) is 0 Å². The van der Waals surface area contributed by atoms with E-state index in [0.29, 0.717) is 17.7 Å². The van der Waals surface area contributed by atoms with E-state index in [0.717, 1.165) is 43.0 Å². The summed E-state index contributed by atoms with van der Waals surface area (Å²) in [6.07, 6.45) is 0.438. The first-order valence-corrected chi connectivity index (χ1v) is 11.6. The highest BCUT2D eigenvalue weighted by molar-refractivity contribution is 5.94. The molecule has 0 atom stereocenters. The second-order valence-corrected chi connectivity index (χ2v) is 8.74. The highest BCUT2D eigenvalue weighted by Gasteiger charge is 2.38. The molecule has 0 spiro atoms. The Morgan fingerprint density at radius 1 is 1.00 bits per heavy atom. The average Bonchev–Trinajstić information content (AvgIpc) is 3.26. The van der Waals surface area contributed by atoms with Gasteiger partial charge in [-0.3, -0.25) is 9.69 Å². The third-order valence-electron chi connectivity index (χ3n) is 5.81. The van der Waals surface area contributed by atoms with Crippen LogP contribution < -0.4 is 5.32 Å². The van der Waals surface area contributed by atoms with E-state index in [1.165, 1.54) is 0 Å². The molecule has 2 aromatic heterocycles. The molecule has 12 heteroatoms. The Labute approximate surface area is 212 Å². The topological polar surface area (TPSA) is 104 Å². The molecule has 1 fully saturated rings. The summed E-state index contributed by atoms with van der Waals surface area (Å²) in [6, 6.07) is 12.3. The van der Waals surface area contributed by atoms with Crippen LogP contribution >= 0.6 is 0 Å². The molecule has 37 heavy (non-hydrogen) atoms. The number of aromatic nitrogens is 3. The van der Waals surface area contributed by atoms with Gasteiger partial charge in [-0.15, -0.1) is 0 Å². The predicted octanol–water partition coefficient (Wildman–Crippen LogP) is 4.03.